The Labute approximate surface area is 246 Å². The summed E-state index contributed by atoms with van der Waals surface area (Å²) in [5.41, 5.74) is 2.07. The van der Waals surface area contributed by atoms with Gasteiger partial charge in [-0.1, -0.05) is 24.3 Å². The molecule has 3 aliphatic rings. The van der Waals surface area contributed by atoms with Crippen molar-refractivity contribution in [2.45, 2.75) is 56.8 Å². The number of halogens is 3. The Morgan fingerprint density at radius 1 is 0.977 bits per heavy atom. The molecule has 43 heavy (non-hydrogen) atoms. The lowest BCUT2D eigenvalue weighted by atomic mass is 9.94. The van der Waals surface area contributed by atoms with Gasteiger partial charge in [0.1, 0.15) is 18.5 Å². The first-order valence-corrected chi connectivity index (χ1v) is 14.1. The van der Waals surface area contributed by atoms with E-state index in [0.29, 0.717) is 37.4 Å². The fourth-order valence-electron chi connectivity index (χ4n) is 5.95. The summed E-state index contributed by atoms with van der Waals surface area (Å²) in [6.45, 7) is 1.36. The molecule has 224 valence electrons. The van der Waals surface area contributed by atoms with Crippen molar-refractivity contribution in [3.63, 3.8) is 0 Å². The topological polar surface area (TPSA) is 88.2 Å². The number of rotatable bonds is 4. The number of alkyl halides is 3. The third kappa shape index (κ3) is 5.94. The largest absolute Gasteiger partial charge is 0.490 e. The third-order valence-electron chi connectivity index (χ3n) is 8.34. The summed E-state index contributed by atoms with van der Waals surface area (Å²) < 4.78 is 50.9. The van der Waals surface area contributed by atoms with Gasteiger partial charge in [0.25, 0.3) is 11.8 Å². The number of carbonyl (C=O) groups excluding carboxylic acids is 3. The number of nitrogens with one attached hydrogen (secondary N) is 1. The van der Waals surface area contributed by atoms with E-state index in [1.807, 2.05) is 29.2 Å². The van der Waals surface area contributed by atoms with E-state index in [1.165, 1.54) is 6.07 Å². The van der Waals surface area contributed by atoms with Gasteiger partial charge in [-0.25, -0.2) is 0 Å². The zero-order valence-corrected chi connectivity index (χ0v) is 23.4. The first kappa shape index (κ1) is 28.7. The molecule has 0 bridgehead atoms. The number of amides is 3. The average Bonchev–Trinajstić information content (AvgIpc) is 3.44. The molecule has 3 aliphatic heterocycles. The molecule has 0 spiro atoms. The highest BCUT2D eigenvalue weighted by Gasteiger charge is 2.40. The van der Waals surface area contributed by atoms with Crippen LogP contribution in [-0.4, -0.2) is 59.4 Å². The molecule has 1 N–H and O–H groups in total. The van der Waals surface area contributed by atoms with Gasteiger partial charge in [0.2, 0.25) is 5.91 Å². The number of benzene rings is 3. The van der Waals surface area contributed by atoms with Gasteiger partial charge in [-0.3, -0.25) is 14.4 Å². The van der Waals surface area contributed by atoms with E-state index in [2.05, 4.69) is 5.32 Å². The Morgan fingerprint density at radius 3 is 2.35 bits per heavy atom. The highest BCUT2D eigenvalue weighted by Crippen LogP contribution is 2.34. The Kier molecular flexibility index (Phi) is 7.59. The summed E-state index contributed by atoms with van der Waals surface area (Å²) in [5, 5.41) is 2.64. The van der Waals surface area contributed by atoms with Crippen LogP contribution in [0.1, 0.15) is 56.7 Å². The van der Waals surface area contributed by atoms with Gasteiger partial charge in [-0.2, -0.15) is 13.2 Å². The molecule has 3 amide bonds. The van der Waals surface area contributed by atoms with E-state index in [0.717, 1.165) is 35.4 Å². The number of carbonyl (C=O) groups is 3. The monoisotopic (exact) mass is 593 g/mol. The lowest BCUT2D eigenvalue weighted by Gasteiger charge is -2.42. The molecule has 0 aliphatic carbocycles. The lowest BCUT2D eigenvalue weighted by Crippen LogP contribution is -2.54. The van der Waals surface area contributed by atoms with Crippen LogP contribution in [0.5, 0.6) is 5.75 Å². The molecule has 3 heterocycles. The average molecular weight is 594 g/mol. The molecule has 6 rings (SSSR count). The van der Waals surface area contributed by atoms with E-state index >= 15 is 0 Å². The highest BCUT2D eigenvalue weighted by atomic mass is 19.4. The zero-order valence-electron chi connectivity index (χ0n) is 23.4. The minimum absolute atomic E-state index is 0.0343. The van der Waals surface area contributed by atoms with Gasteiger partial charge < -0.3 is 24.6 Å². The maximum atomic E-state index is 13.5. The molecule has 8 nitrogen and oxygen atoms in total. The van der Waals surface area contributed by atoms with Crippen LogP contribution in [-0.2, 0) is 28.8 Å². The summed E-state index contributed by atoms with van der Waals surface area (Å²) in [4.78, 5) is 42.8. The number of fused-ring (bicyclic) bond motifs is 3. The Bertz CT molecular complexity index is 1530. The highest BCUT2D eigenvalue weighted by molar-refractivity contribution is 6.05. The van der Waals surface area contributed by atoms with Crippen LogP contribution in [0, 0.1) is 0 Å². The molecule has 3 aromatic rings. The number of ether oxygens (including phenoxy) is 2. The summed E-state index contributed by atoms with van der Waals surface area (Å²) in [6.07, 6.45) is -3.71. The van der Waals surface area contributed by atoms with Gasteiger partial charge in [0, 0.05) is 31.4 Å². The second kappa shape index (κ2) is 11.4. The fourth-order valence-corrected chi connectivity index (χ4v) is 5.95. The van der Waals surface area contributed by atoms with Crippen molar-refractivity contribution in [1.82, 2.24) is 9.80 Å². The lowest BCUT2D eigenvalue weighted by molar-refractivity contribution is -0.143. The number of anilines is 1. The van der Waals surface area contributed by atoms with Crippen molar-refractivity contribution in [1.29, 1.82) is 0 Å². The van der Waals surface area contributed by atoms with Crippen LogP contribution in [0.15, 0.2) is 66.7 Å². The second-order valence-electron chi connectivity index (χ2n) is 11.1. The van der Waals surface area contributed by atoms with E-state index in [9.17, 15) is 27.6 Å². The van der Waals surface area contributed by atoms with Crippen LogP contribution >= 0.6 is 0 Å². The zero-order chi connectivity index (χ0) is 30.3. The minimum atomic E-state index is -4.50. The van der Waals surface area contributed by atoms with Crippen molar-refractivity contribution in [2.75, 3.05) is 19.0 Å². The van der Waals surface area contributed by atoms with E-state index < -0.39 is 23.8 Å². The molecule has 3 atom stereocenters. The SMILES string of the molecule is CN1C(=O)c2cc(NC(=O)c3ccc(C(F)(F)F)cc3)ccc2OC[C@@H]2O[C@H](CC(=O)N3Cc4ccccc4C3)CC[C@@H]21. The molecule has 1 saturated heterocycles. The van der Waals surface area contributed by atoms with E-state index in [4.69, 9.17) is 9.47 Å². The van der Waals surface area contributed by atoms with Crippen LogP contribution < -0.4 is 10.1 Å². The molecule has 0 unspecified atom stereocenters. The van der Waals surface area contributed by atoms with E-state index in [1.54, 1.807) is 24.1 Å². The van der Waals surface area contributed by atoms with Gasteiger partial charge in [-0.15, -0.1) is 0 Å². The number of hydrogen-bond donors (Lipinski definition) is 1. The molecule has 0 saturated carbocycles. The summed E-state index contributed by atoms with van der Waals surface area (Å²) in [5.74, 6) is -0.574. The van der Waals surface area contributed by atoms with Crippen molar-refractivity contribution in [3.8, 4) is 5.75 Å². The quantitative estimate of drug-likeness (QED) is 0.446. The minimum Gasteiger partial charge on any atom is -0.490 e. The van der Waals surface area contributed by atoms with Gasteiger partial charge >= 0.3 is 6.18 Å². The summed E-state index contributed by atoms with van der Waals surface area (Å²) in [7, 11) is 1.69. The van der Waals surface area contributed by atoms with Crippen LogP contribution in [0.4, 0.5) is 18.9 Å². The Balaban J connectivity index is 1.10. The molecular weight excluding hydrogens is 563 g/mol. The smallest absolute Gasteiger partial charge is 0.416 e. The first-order valence-electron chi connectivity index (χ1n) is 14.1. The normalized spacial score (nSPS) is 21.6. The molecule has 11 heteroatoms. The maximum absolute atomic E-state index is 13.5. The van der Waals surface area contributed by atoms with Crippen LogP contribution in [0.25, 0.3) is 0 Å². The Hall–Kier alpha value is -4.38. The van der Waals surface area contributed by atoms with Crippen molar-refractivity contribution >= 4 is 23.4 Å². The van der Waals surface area contributed by atoms with Crippen molar-refractivity contribution in [2.24, 2.45) is 0 Å². The number of nitrogens with zero attached hydrogens (tertiary/aromatic N) is 2. The van der Waals surface area contributed by atoms with Gasteiger partial charge in [0.15, 0.2) is 0 Å². The fraction of sp³-hybridized carbons (Fsp3) is 0.344. The predicted octanol–water partition coefficient (Wildman–Crippen LogP) is 5.27. The van der Waals surface area contributed by atoms with Crippen molar-refractivity contribution in [3.05, 3.63) is 94.5 Å². The number of likely N-dealkylation sites (N-methyl/N-ethyl adjacent to an activating group) is 1. The van der Waals surface area contributed by atoms with Gasteiger partial charge in [-0.05, 0) is 66.4 Å². The first-order chi connectivity index (χ1) is 20.6. The van der Waals surface area contributed by atoms with Crippen LogP contribution in [0.2, 0.25) is 0 Å². The maximum Gasteiger partial charge on any atom is 0.416 e. The van der Waals surface area contributed by atoms with Crippen molar-refractivity contribution < 1.29 is 37.0 Å². The Morgan fingerprint density at radius 2 is 1.67 bits per heavy atom. The third-order valence-corrected chi connectivity index (χ3v) is 8.34. The molecule has 3 aromatic carbocycles. The standard InChI is InChI=1S/C32H30F3N3O5/c1-37-26-12-11-24(15-29(39)38-16-20-4-2-3-5-21(20)17-38)43-28(26)18-42-27-13-10-23(14-25(27)31(37)41)36-30(40)19-6-8-22(9-7-19)32(33,34)35/h2-10,13-14,24,26,28H,11-12,15-18H2,1H3,(H,36,40)/t24-,26-,28-/m0/s1. The summed E-state index contributed by atoms with van der Waals surface area (Å²) in [6, 6.07) is 16.3. The molecular formula is C32H30F3N3O5. The molecule has 0 radical (unpaired) electrons. The summed E-state index contributed by atoms with van der Waals surface area (Å²) >= 11 is 0. The van der Waals surface area contributed by atoms with Crippen LogP contribution in [0.3, 0.4) is 0 Å². The van der Waals surface area contributed by atoms with E-state index in [-0.39, 0.29) is 48.1 Å². The molecule has 1 fully saturated rings. The van der Waals surface area contributed by atoms with Gasteiger partial charge in [0.05, 0.1) is 29.7 Å². The predicted molar refractivity (Wildman–Crippen MR) is 150 cm³/mol. The second-order valence-corrected chi connectivity index (χ2v) is 11.1. The number of hydrogen-bond acceptors (Lipinski definition) is 5. The molecule has 0 aromatic heterocycles.